The number of aryl methyl sites for hydroxylation is 1. The molecule has 0 aliphatic heterocycles. The van der Waals surface area contributed by atoms with Crippen molar-refractivity contribution in [3.05, 3.63) is 39.0 Å². The van der Waals surface area contributed by atoms with E-state index in [1.165, 1.54) is 34.8 Å². The van der Waals surface area contributed by atoms with Crippen LogP contribution in [0.5, 0.6) is 5.75 Å². The summed E-state index contributed by atoms with van der Waals surface area (Å²) in [6.45, 7) is 1.77. The number of aromatic hydroxyl groups is 1. The molecule has 0 aliphatic carbocycles. The van der Waals surface area contributed by atoms with Crippen LogP contribution in [-0.4, -0.2) is 20.6 Å². The van der Waals surface area contributed by atoms with Crippen molar-refractivity contribution >= 4 is 43.0 Å². The van der Waals surface area contributed by atoms with E-state index in [0.717, 1.165) is 8.66 Å². The maximum Gasteiger partial charge on any atom is 0.265 e. The van der Waals surface area contributed by atoms with Crippen LogP contribution in [0, 0.1) is 6.92 Å². The Morgan fingerprint density at radius 3 is 2.32 bits per heavy atom. The molecule has 19 heavy (non-hydrogen) atoms. The van der Waals surface area contributed by atoms with Crippen LogP contribution in [0.1, 0.15) is 4.88 Å². The smallest absolute Gasteiger partial charge is 0.265 e. The van der Waals surface area contributed by atoms with E-state index in [4.69, 9.17) is 0 Å². The van der Waals surface area contributed by atoms with Gasteiger partial charge >= 0.3 is 0 Å². The Morgan fingerprint density at radius 1 is 1.26 bits per heavy atom. The summed E-state index contributed by atoms with van der Waals surface area (Å²) in [6, 6.07) is 7.63. The molecule has 0 fully saturated rings. The SMILES string of the molecule is Cc1sc(Br)cc1S(=O)(=O)N(C)c1ccc(O)cc1. The quantitative estimate of drug-likeness (QED) is 0.911. The van der Waals surface area contributed by atoms with Gasteiger partial charge in [0.1, 0.15) is 10.6 Å². The highest BCUT2D eigenvalue weighted by atomic mass is 79.9. The van der Waals surface area contributed by atoms with Crippen LogP contribution in [0.4, 0.5) is 5.69 Å². The van der Waals surface area contributed by atoms with Crippen LogP contribution in [0.15, 0.2) is 39.0 Å². The molecule has 0 aliphatic rings. The summed E-state index contributed by atoms with van der Waals surface area (Å²) in [5.41, 5.74) is 0.500. The first-order chi connectivity index (χ1) is 8.82. The number of sulfonamides is 1. The van der Waals surface area contributed by atoms with Crippen LogP contribution in [-0.2, 0) is 10.0 Å². The molecule has 0 saturated carbocycles. The zero-order valence-corrected chi connectivity index (χ0v) is 13.5. The zero-order chi connectivity index (χ0) is 14.2. The topological polar surface area (TPSA) is 57.6 Å². The van der Waals surface area contributed by atoms with E-state index in [1.807, 2.05) is 0 Å². The third kappa shape index (κ3) is 2.77. The first kappa shape index (κ1) is 14.4. The van der Waals surface area contributed by atoms with Gasteiger partial charge < -0.3 is 5.11 Å². The van der Waals surface area contributed by atoms with E-state index >= 15 is 0 Å². The summed E-state index contributed by atoms with van der Waals surface area (Å²) < 4.78 is 27.0. The predicted octanol–water partition coefficient (Wildman–Crippen LogP) is 3.35. The number of rotatable bonds is 3. The maximum absolute atomic E-state index is 12.5. The Morgan fingerprint density at radius 2 is 1.84 bits per heavy atom. The lowest BCUT2D eigenvalue weighted by Gasteiger charge is -2.19. The molecule has 2 aromatic rings. The molecule has 7 heteroatoms. The van der Waals surface area contributed by atoms with Crippen molar-refractivity contribution < 1.29 is 13.5 Å². The lowest BCUT2D eigenvalue weighted by atomic mass is 10.3. The van der Waals surface area contributed by atoms with E-state index in [0.29, 0.717) is 10.6 Å². The fourth-order valence-electron chi connectivity index (χ4n) is 1.64. The second-order valence-electron chi connectivity index (χ2n) is 3.96. The van der Waals surface area contributed by atoms with Gasteiger partial charge in [-0.3, -0.25) is 4.31 Å². The molecule has 0 spiro atoms. The average molecular weight is 362 g/mol. The fourth-order valence-corrected chi connectivity index (χ4v) is 5.21. The summed E-state index contributed by atoms with van der Waals surface area (Å²) in [4.78, 5) is 1.03. The van der Waals surface area contributed by atoms with Crippen molar-refractivity contribution in [3.63, 3.8) is 0 Å². The lowest BCUT2D eigenvalue weighted by Crippen LogP contribution is -2.26. The van der Waals surface area contributed by atoms with Crippen molar-refractivity contribution in [2.75, 3.05) is 11.4 Å². The molecule has 102 valence electrons. The number of hydrogen-bond donors (Lipinski definition) is 1. The first-order valence-electron chi connectivity index (χ1n) is 5.36. The fraction of sp³-hybridized carbons (Fsp3) is 0.167. The highest BCUT2D eigenvalue weighted by Gasteiger charge is 2.25. The molecule has 1 N–H and O–H groups in total. The summed E-state index contributed by atoms with van der Waals surface area (Å²) in [6.07, 6.45) is 0. The van der Waals surface area contributed by atoms with Gasteiger partial charge in [0.2, 0.25) is 0 Å². The maximum atomic E-state index is 12.5. The molecular weight excluding hydrogens is 350 g/mol. The Bertz CT molecular complexity index is 692. The number of thiophene rings is 1. The van der Waals surface area contributed by atoms with Crippen molar-refractivity contribution in [1.29, 1.82) is 0 Å². The van der Waals surface area contributed by atoms with Gasteiger partial charge in [0, 0.05) is 11.9 Å². The number of anilines is 1. The number of benzene rings is 1. The van der Waals surface area contributed by atoms with E-state index in [2.05, 4.69) is 15.9 Å². The van der Waals surface area contributed by atoms with E-state index < -0.39 is 10.0 Å². The molecule has 0 bridgehead atoms. The van der Waals surface area contributed by atoms with Crippen LogP contribution in [0.25, 0.3) is 0 Å². The van der Waals surface area contributed by atoms with Crippen LogP contribution >= 0.6 is 27.3 Å². The highest BCUT2D eigenvalue weighted by Crippen LogP contribution is 2.33. The van der Waals surface area contributed by atoms with Crippen LogP contribution in [0.2, 0.25) is 0 Å². The largest absolute Gasteiger partial charge is 0.508 e. The normalized spacial score (nSPS) is 11.5. The molecule has 2 rings (SSSR count). The summed E-state index contributed by atoms with van der Waals surface area (Å²) in [7, 11) is -2.09. The summed E-state index contributed by atoms with van der Waals surface area (Å²) in [5.74, 6) is 0.101. The first-order valence-corrected chi connectivity index (χ1v) is 8.41. The van der Waals surface area contributed by atoms with Gasteiger partial charge in [-0.25, -0.2) is 8.42 Å². The molecule has 0 saturated heterocycles. The minimum atomic E-state index is -3.58. The molecule has 1 aromatic heterocycles. The number of phenolic OH excluding ortho intramolecular Hbond substituents is 1. The Balaban J connectivity index is 2.45. The molecule has 0 radical (unpaired) electrons. The van der Waals surface area contributed by atoms with Gasteiger partial charge in [-0.2, -0.15) is 0 Å². The van der Waals surface area contributed by atoms with Crippen molar-refractivity contribution in [3.8, 4) is 5.75 Å². The third-order valence-corrected chi connectivity index (χ3v) is 6.29. The Kier molecular flexibility index (Phi) is 3.89. The van der Waals surface area contributed by atoms with E-state index in [1.54, 1.807) is 25.1 Å². The average Bonchev–Trinajstić information content (AvgIpc) is 2.69. The van der Waals surface area contributed by atoms with Crippen LogP contribution in [0.3, 0.4) is 0 Å². The molecule has 1 heterocycles. The zero-order valence-electron chi connectivity index (χ0n) is 10.3. The summed E-state index contributed by atoms with van der Waals surface area (Å²) >= 11 is 4.67. The van der Waals surface area contributed by atoms with Gasteiger partial charge in [-0.1, -0.05) is 0 Å². The molecule has 0 atom stereocenters. The van der Waals surface area contributed by atoms with Gasteiger partial charge in [0.25, 0.3) is 10.0 Å². The minimum Gasteiger partial charge on any atom is -0.508 e. The van der Waals surface area contributed by atoms with Crippen LogP contribution < -0.4 is 4.31 Å². The molecular formula is C12H12BrNO3S2. The Labute approximate surface area is 124 Å². The molecule has 0 unspecified atom stereocenters. The standard InChI is InChI=1S/C12H12BrNO3S2/c1-8-11(7-12(13)18-8)19(16,17)14(2)9-3-5-10(15)6-4-9/h3-7,15H,1-2H3. The minimum absolute atomic E-state index is 0.101. The van der Waals surface area contributed by atoms with E-state index in [9.17, 15) is 13.5 Å². The number of hydrogen-bond acceptors (Lipinski definition) is 4. The second-order valence-corrected chi connectivity index (χ2v) is 8.53. The number of nitrogens with zero attached hydrogens (tertiary/aromatic N) is 1. The van der Waals surface area contributed by atoms with E-state index in [-0.39, 0.29) is 5.75 Å². The highest BCUT2D eigenvalue weighted by molar-refractivity contribution is 9.11. The van der Waals surface area contributed by atoms with Gasteiger partial charge in [0.05, 0.1) is 9.47 Å². The lowest BCUT2D eigenvalue weighted by molar-refractivity contribution is 0.475. The Hall–Kier alpha value is -1.05. The summed E-state index contributed by atoms with van der Waals surface area (Å²) in [5, 5.41) is 9.23. The van der Waals surface area contributed by atoms with Gasteiger partial charge in [-0.15, -0.1) is 11.3 Å². The van der Waals surface area contributed by atoms with Crippen molar-refractivity contribution in [2.45, 2.75) is 11.8 Å². The number of halogens is 1. The van der Waals surface area contributed by atoms with Gasteiger partial charge in [0.15, 0.2) is 0 Å². The van der Waals surface area contributed by atoms with Crippen molar-refractivity contribution in [2.24, 2.45) is 0 Å². The molecule has 4 nitrogen and oxygen atoms in total. The van der Waals surface area contributed by atoms with Crippen molar-refractivity contribution in [1.82, 2.24) is 0 Å². The second kappa shape index (κ2) is 5.15. The number of phenols is 1. The predicted molar refractivity (Wildman–Crippen MR) is 80.5 cm³/mol. The molecule has 0 amide bonds. The molecule has 1 aromatic carbocycles. The van der Waals surface area contributed by atoms with Gasteiger partial charge in [-0.05, 0) is 53.2 Å². The monoisotopic (exact) mass is 361 g/mol. The third-order valence-electron chi connectivity index (χ3n) is 2.69.